The Hall–Kier alpha value is -1.41. The van der Waals surface area contributed by atoms with Crippen LogP contribution >= 0.6 is 0 Å². The van der Waals surface area contributed by atoms with Crippen LogP contribution in [0, 0.1) is 41.5 Å². The minimum Gasteiger partial charge on any atom is -0.304 e. The Kier molecular flexibility index (Phi) is 3.88. The van der Waals surface area contributed by atoms with E-state index in [-0.39, 0.29) is 0 Å². The maximum Gasteiger partial charge on any atom is 0.0743 e. The lowest BCUT2D eigenvalue weighted by Gasteiger charge is -2.20. The molecule has 2 nitrogen and oxygen atoms in total. The van der Waals surface area contributed by atoms with Crippen LogP contribution in [0.1, 0.15) is 39.1 Å². The van der Waals surface area contributed by atoms with Gasteiger partial charge in [-0.2, -0.15) is 0 Å². The van der Waals surface area contributed by atoms with Crippen molar-refractivity contribution in [2.45, 2.75) is 48.1 Å². The smallest absolute Gasteiger partial charge is 0.0743 e. The Labute approximate surface area is 122 Å². The van der Waals surface area contributed by atoms with Crippen LogP contribution in [0.25, 0.3) is 10.9 Å². The summed E-state index contributed by atoms with van der Waals surface area (Å²) in [7, 11) is 4.19. The number of pyridine rings is 1. The number of aromatic nitrogens is 1. The van der Waals surface area contributed by atoms with Gasteiger partial charge in [-0.1, -0.05) is 0 Å². The second-order valence-corrected chi connectivity index (χ2v) is 6.27. The minimum atomic E-state index is 0.897. The second kappa shape index (κ2) is 5.17. The van der Waals surface area contributed by atoms with E-state index in [2.05, 4.69) is 60.5 Å². The summed E-state index contributed by atoms with van der Waals surface area (Å²) in [5.74, 6) is 0. The van der Waals surface area contributed by atoms with Crippen LogP contribution in [0.5, 0.6) is 0 Å². The first-order valence-electron chi connectivity index (χ1n) is 7.26. The summed E-state index contributed by atoms with van der Waals surface area (Å²) in [5, 5.41) is 1.35. The van der Waals surface area contributed by atoms with Crippen molar-refractivity contribution in [2.75, 3.05) is 14.1 Å². The van der Waals surface area contributed by atoms with E-state index in [1.807, 2.05) is 0 Å². The molecule has 0 aliphatic heterocycles. The van der Waals surface area contributed by atoms with Gasteiger partial charge >= 0.3 is 0 Å². The van der Waals surface area contributed by atoms with Gasteiger partial charge < -0.3 is 4.90 Å². The molecule has 2 rings (SSSR count). The standard InChI is InChI=1S/C18H26N2/c1-10-11(2)15(6)18-17(13(10)4)14(5)12(3)16(19-18)9-20(7)8/h9H2,1-8H3. The Bertz CT molecular complexity index is 682. The number of nitrogens with zero attached hydrogens (tertiary/aromatic N) is 2. The number of fused-ring (bicyclic) bond motifs is 1. The van der Waals surface area contributed by atoms with Crippen LogP contribution in [0.4, 0.5) is 0 Å². The highest BCUT2D eigenvalue weighted by Gasteiger charge is 2.16. The first kappa shape index (κ1) is 15.0. The van der Waals surface area contributed by atoms with Gasteiger partial charge in [-0.15, -0.1) is 0 Å². The van der Waals surface area contributed by atoms with Gasteiger partial charge in [0.05, 0.1) is 11.2 Å². The van der Waals surface area contributed by atoms with Crippen LogP contribution in [0.3, 0.4) is 0 Å². The molecule has 0 atom stereocenters. The molecule has 20 heavy (non-hydrogen) atoms. The van der Waals surface area contributed by atoms with Crippen LogP contribution in [0.15, 0.2) is 0 Å². The molecule has 108 valence electrons. The fourth-order valence-electron chi connectivity index (χ4n) is 2.97. The third-order valence-corrected chi connectivity index (χ3v) is 4.74. The molecule has 1 aromatic heterocycles. The number of hydrogen-bond acceptors (Lipinski definition) is 2. The van der Waals surface area contributed by atoms with Crippen molar-refractivity contribution in [3.8, 4) is 0 Å². The molecule has 0 fully saturated rings. The van der Waals surface area contributed by atoms with E-state index < -0.39 is 0 Å². The molecule has 2 aromatic rings. The molecule has 0 bridgehead atoms. The van der Waals surface area contributed by atoms with E-state index in [1.54, 1.807) is 0 Å². The summed E-state index contributed by atoms with van der Waals surface area (Å²) in [6.07, 6.45) is 0. The molecule has 2 heteroatoms. The van der Waals surface area contributed by atoms with E-state index in [0.717, 1.165) is 6.54 Å². The highest BCUT2D eigenvalue weighted by Crippen LogP contribution is 2.32. The molecular formula is C18H26N2. The fraction of sp³-hybridized carbons (Fsp3) is 0.500. The highest BCUT2D eigenvalue weighted by molar-refractivity contribution is 5.91. The molecule has 0 unspecified atom stereocenters. The zero-order valence-corrected chi connectivity index (χ0v) is 14.1. The lowest BCUT2D eigenvalue weighted by molar-refractivity contribution is 0.396. The topological polar surface area (TPSA) is 16.1 Å². The summed E-state index contributed by atoms with van der Waals surface area (Å²) < 4.78 is 0. The quantitative estimate of drug-likeness (QED) is 0.815. The van der Waals surface area contributed by atoms with Crippen molar-refractivity contribution in [1.82, 2.24) is 9.88 Å². The van der Waals surface area contributed by atoms with Gasteiger partial charge in [-0.3, -0.25) is 4.98 Å². The van der Waals surface area contributed by atoms with Crippen LogP contribution in [-0.4, -0.2) is 24.0 Å². The predicted molar refractivity (Wildman–Crippen MR) is 87.6 cm³/mol. The largest absolute Gasteiger partial charge is 0.304 e. The molecular weight excluding hydrogens is 244 g/mol. The van der Waals surface area contributed by atoms with Crippen molar-refractivity contribution < 1.29 is 0 Å². The van der Waals surface area contributed by atoms with Gasteiger partial charge in [0.25, 0.3) is 0 Å². The maximum atomic E-state index is 5.00. The molecule has 1 heterocycles. The van der Waals surface area contributed by atoms with E-state index in [0.29, 0.717) is 0 Å². The lowest BCUT2D eigenvalue weighted by atomic mass is 9.90. The number of hydrogen-bond donors (Lipinski definition) is 0. The maximum absolute atomic E-state index is 5.00. The van der Waals surface area contributed by atoms with Gasteiger partial charge in [0, 0.05) is 11.9 Å². The van der Waals surface area contributed by atoms with E-state index >= 15 is 0 Å². The predicted octanol–water partition coefficient (Wildman–Crippen LogP) is 4.15. The zero-order chi connectivity index (χ0) is 15.2. The molecule has 0 aliphatic carbocycles. The molecule has 0 N–H and O–H groups in total. The number of benzene rings is 1. The monoisotopic (exact) mass is 270 g/mol. The van der Waals surface area contributed by atoms with Crippen molar-refractivity contribution in [2.24, 2.45) is 0 Å². The molecule has 0 spiro atoms. The zero-order valence-electron chi connectivity index (χ0n) is 14.1. The number of rotatable bonds is 2. The first-order chi connectivity index (χ1) is 9.25. The summed E-state index contributed by atoms with van der Waals surface area (Å²) in [5.41, 5.74) is 10.6. The average molecular weight is 270 g/mol. The van der Waals surface area contributed by atoms with Gasteiger partial charge in [0.1, 0.15) is 0 Å². The van der Waals surface area contributed by atoms with E-state index in [9.17, 15) is 0 Å². The molecule has 1 aromatic carbocycles. The molecule has 0 amide bonds. The first-order valence-corrected chi connectivity index (χ1v) is 7.26. The molecule has 0 saturated heterocycles. The van der Waals surface area contributed by atoms with E-state index in [1.165, 1.54) is 50.0 Å². The highest BCUT2D eigenvalue weighted by atomic mass is 15.1. The Morgan fingerprint density at radius 2 is 1.20 bits per heavy atom. The summed E-state index contributed by atoms with van der Waals surface area (Å²) >= 11 is 0. The number of aryl methyl sites for hydroxylation is 3. The SMILES string of the molecule is Cc1c(C)c(C)c2c(C)c(C)c(CN(C)C)nc2c1C. The summed E-state index contributed by atoms with van der Waals surface area (Å²) in [6.45, 7) is 14.2. The average Bonchev–Trinajstić information content (AvgIpc) is 2.38. The molecule has 0 radical (unpaired) electrons. The van der Waals surface area contributed by atoms with Crippen LogP contribution in [-0.2, 0) is 6.54 Å². The van der Waals surface area contributed by atoms with Crippen molar-refractivity contribution in [3.05, 3.63) is 39.1 Å². The van der Waals surface area contributed by atoms with Gasteiger partial charge in [-0.25, -0.2) is 0 Å². The minimum absolute atomic E-state index is 0.897. The van der Waals surface area contributed by atoms with Crippen LogP contribution < -0.4 is 0 Å². The summed E-state index contributed by atoms with van der Waals surface area (Å²) in [6, 6.07) is 0. The van der Waals surface area contributed by atoms with Crippen molar-refractivity contribution in [3.63, 3.8) is 0 Å². The third-order valence-electron chi connectivity index (χ3n) is 4.74. The Morgan fingerprint density at radius 3 is 1.75 bits per heavy atom. The normalized spacial score (nSPS) is 11.7. The Morgan fingerprint density at radius 1 is 0.700 bits per heavy atom. The lowest BCUT2D eigenvalue weighted by Crippen LogP contribution is -2.14. The second-order valence-electron chi connectivity index (χ2n) is 6.27. The van der Waals surface area contributed by atoms with E-state index in [4.69, 9.17) is 4.98 Å². The van der Waals surface area contributed by atoms with Gasteiger partial charge in [0.15, 0.2) is 0 Å². The molecule has 0 aliphatic rings. The van der Waals surface area contributed by atoms with Gasteiger partial charge in [0.2, 0.25) is 0 Å². The van der Waals surface area contributed by atoms with Crippen LogP contribution in [0.2, 0.25) is 0 Å². The molecule has 0 saturated carbocycles. The van der Waals surface area contributed by atoms with Gasteiger partial charge in [-0.05, 0) is 89.0 Å². The summed E-state index contributed by atoms with van der Waals surface area (Å²) in [4.78, 5) is 7.18. The Balaban J connectivity index is 2.91. The third kappa shape index (κ3) is 2.22. The fourth-order valence-corrected chi connectivity index (χ4v) is 2.97. The van der Waals surface area contributed by atoms with Crippen molar-refractivity contribution >= 4 is 10.9 Å². The van der Waals surface area contributed by atoms with Crippen molar-refractivity contribution in [1.29, 1.82) is 0 Å².